The van der Waals surface area contributed by atoms with Gasteiger partial charge in [0, 0.05) is 43.5 Å². The molecule has 0 atom stereocenters. The summed E-state index contributed by atoms with van der Waals surface area (Å²) in [6, 6.07) is 10.2. The van der Waals surface area contributed by atoms with Crippen molar-refractivity contribution in [2.24, 2.45) is 12.0 Å². The molecule has 0 radical (unpaired) electrons. The number of aldehydes is 1. The van der Waals surface area contributed by atoms with E-state index >= 15 is 0 Å². The van der Waals surface area contributed by atoms with Gasteiger partial charge in [0.15, 0.2) is 20.9 Å². The number of amides is 1. The minimum Gasteiger partial charge on any atom is -0.343 e. The normalized spacial score (nSPS) is 15.7. The van der Waals surface area contributed by atoms with Gasteiger partial charge in [0.25, 0.3) is 0 Å². The van der Waals surface area contributed by atoms with E-state index in [1.165, 1.54) is 11.3 Å². The Morgan fingerprint density at radius 3 is 2.53 bits per heavy atom. The van der Waals surface area contributed by atoms with Crippen molar-refractivity contribution in [3.8, 4) is 0 Å². The van der Waals surface area contributed by atoms with Crippen molar-refractivity contribution in [2.75, 3.05) is 25.9 Å². The van der Waals surface area contributed by atoms with Gasteiger partial charge in [0.1, 0.15) is 0 Å². The van der Waals surface area contributed by atoms with Crippen LogP contribution in [-0.4, -0.2) is 56.0 Å². The lowest BCUT2D eigenvalue weighted by atomic mass is 9.94. The van der Waals surface area contributed by atoms with Gasteiger partial charge in [0.2, 0.25) is 5.91 Å². The molecular weight excluding hydrogens is 494 g/mol. The maximum atomic E-state index is 12.9. The number of halogens is 1. The molecule has 2 heterocycles. The minimum absolute atomic E-state index is 0.0575. The van der Waals surface area contributed by atoms with E-state index in [9.17, 15) is 18.0 Å². The van der Waals surface area contributed by atoms with E-state index in [1.807, 2.05) is 7.05 Å². The molecule has 0 aliphatic carbocycles. The van der Waals surface area contributed by atoms with E-state index in [4.69, 9.17) is 11.6 Å². The molecular formula is C24H26ClN3O4S2. The Balaban J connectivity index is 1.38. The topological polar surface area (TPSA) is 88.8 Å². The molecule has 4 rings (SSSR count). The summed E-state index contributed by atoms with van der Waals surface area (Å²) in [5.41, 5.74) is 0.638. The highest BCUT2D eigenvalue weighted by Crippen LogP contribution is 2.32. The molecule has 180 valence electrons. The highest BCUT2D eigenvalue weighted by molar-refractivity contribution is 7.91. The first kappa shape index (κ1) is 24.6. The third-order valence-corrected chi connectivity index (χ3v) is 9.69. The number of carbonyl (C=O) groups excluding carboxylic acids is 2. The van der Waals surface area contributed by atoms with Gasteiger partial charge in [-0.05, 0) is 53.8 Å². The van der Waals surface area contributed by atoms with Crippen LogP contribution in [0.3, 0.4) is 0 Å². The summed E-state index contributed by atoms with van der Waals surface area (Å²) < 4.78 is 27.5. The predicted octanol–water partition coefficient (Wildman–Crippen LogP) is 3.81. The summed E-state index contributed by atoms with van der Waals surface area (Å²) in [6.45, 7) is 1.08. The molecule has 1 saturated heterocycles. The second-order valence-corrected chi connectivity index (χ2v) is 12.0. The van der Waals surface area contributed by atoms with Crippen LogP contribution in [0.2, 0.25) is 5.02 Å². The third kappa shape index (κ3) is 4.96. The van der Waals surface area contributed by atoms with Gasteiger partial charge >= 0.3 is 0 Å². The summed E-state index contributed by atoms with van der Waals surface area (Å²) in [5, 5.41) is 2.24. The Labute approximate surface area is 207 Å². The van der Waals surface area contributed by atoms with Crippen molar-refractivity contribution in [3.63, 3.8) is 0 Å². The number of benzene rings is 2. The summed E-state index contributed by atoms with van der Waals surface area (Å²) >= 11 is 7.51. The van der Waals surface area contributed by atoms with E-state index in [0.717, 1.165) is 39.6 Å². The highest BCUT2D eigenvalue weighted by atomic mass is 35.5. The van der Waals surface area contributed by atoms with Crippen LogP contribution < -0.4 is 4.80 Å². The molecule has 7 nitrogen and oxygen atoms in total. The Morgan fingerprint density at radius 2 is 1.85 bits per heavy atom. The summed E-state index contributed by atoms with van der Waals surface area (Å²) in [7, 11) is -0.0635. The van der Waals surface area contributed by atoms with Crippen molar-refractivity contribution in [3.05, 3.63) is 56.8 Å². The molecule has 1 aromatic heterocycles. The Kier molecular flexibility index (Phi) is 7.25. The molecule has 1 aliphatic heterocycles. The van der Waals surface area contributed by atoms with Crippen molar-refractivity contribution in [2.45, 2.75) is 30.1 Å². The van der Waals surface area contributed by atoms with Gasteiger partial charge in [-0.25, -0.2) is 8.42 Å². The minimum atomic E-state index is -3.59. The van der Waals surface area contributed by atoms with E-state index < -0.39 is 9.84 Å². The third-order valence-electron chi connectivity index (χ3n) is 6.34. The number of rotatable bonds is 6. The number of carbonyl (C=O) groups is 2. The maximum absolute atomic E-state index is 12.9. The van der Waals surface area contributed by atoms with Crippen molar-refractivity contribution >= 4 is 55.7 Å². The molecule has 1 fully saturated rings. The van der Waals surface area contributed by atoms with Gasteiger partial charge < -0.3 is 9.47 Å². The first-order chi connectivity index (χ1) is 16.2. The lowest BCUT2D eigenvalue weighted by Crippen LogP contribution is -2.38. The Bertz CT molecular complexity index is 1420. The number of sulfone groups is 1. The zero-order valence-corrected chi connectivity index (χ0v) is 21.4. The number of thiazole rings is 1. The molecule has 10 heteroatoms. The van der Waals surface area contributed by atoms with E-state index in [0.29, 0.717) is 23.8 Å². The Morgan fingerprint density at radius 1 is 1.18 bits per heavy atom. The highest BCUT2D eigenvalue weighted by Gasteiger charge is 2.28. The number of hydrogen-bond donors (Lipinski definition) is 0. The van der Waals surface area contributed by atoms with Crippen molar-refractivity contribution < 1.29 is 18.0 Å². The molecule has 0 saturated carbocycles. The number of hydrogen-bond acceptors (Lipinski definition) is 6. The molecule has 0 unspecified atom stereocenters. The zero-order valence-electron chi connectivity index (χ0n) is 19.0. The van der Waals surface area contributed by atoms with Crippen molar-refractivity contribution in [1.82, 2.24) is 9.47 Å². The number of fused-ring (bicyclic) bond motifs is 1. The van der Waals surface area contributed by atoms with Crippen LogP contribution in [0.1, 0.15) is 40.5 Å². The van der Waals surface area contributed by atoms with Crippen LogP contribution >= 0.6 is 22.9 Å². The first-order valence-electron chi connectivity index (χ1n) is 11.0. The summed E-state index contributed by atoms with van der Waals surface area (Å²) in [4.78, 5) is 32.3. The molecule has 2 aromatic carbocycles. The van der Waals surface area contributed by atoms with E-state index in [-0.39, 0.29) is 28.9 Å². The van der Waals surface area contributed by atoms with Gasteiger partial charge in [-0.2, -0.15) is 0 Å². The van der Waals surface area contributed by atoms with Gasteiger partial charge in [-0.15, -0.1) is 11.3 Å². The molecule has 0 spiro atoms. The standard InChI is InChI=1S/C24H26ClN3O4S2/c1-26-24-27(2)21(15-29)23(33-24)16-7-10-28(11-8-16)22(30)9-12-34(31,32)20-6-4-17-13-19(25)5-3-18(17)14-20/h3-6,13-16H,7-12H2,1-2H3/b26-24-. The van der Waals surface area contributed by atoms with Crippen LogP contribution in [0.25, 0.3) is 10.8 Å². The van der Waals surface area contributed by atoms with E-state index in [1.54, 1.807) is 52.9 Å². The number of likely N-dealkylation sites (tertiary alicyclic amines) is 1. The lowest BCUT2D eigenvalue weighted by molar-refractivity contribution is -0.131. The van der Waals surface area contributed by atoms with Gasteiger partial charge in [-0.1, -0.05) is 23.7 Å². The van der Waals surface area contributed by atoms with E-state index in [2.05, 4.69) is 4.99 Å². The fourth-order valence-corrected chi connectivity index (χ4v) is 7.05. The number of nitrogens with zero attached hydrogens (tertiary/aromatic N) is 3. The Hall–Kier alpha value is -2.49. The lowest BCUT2D eigenvalue weighted by Gasteiger charge is -2.31. The van der Waals surface area contributed by atoms with Gasteiger partial charge in [-0.3, -0.25) is 14.6 Å². The van der Waals surface area contributed by atoms with Crippen LogP contribution in [0, 0.1) is 0 Å². The molecule has 1 amide bonds. The quantitative estimate of drug-likeness (QED) is 0.463. The zero-order chi connectivity index (χ0) is 24.5. The molecule has 34 heavy (non-hydrogen) atoms. The van der Waals surface area contributed by atoms with Crippen molar-refractivity contribution in [1.29, 1.82) is 0 Å². The average molecular weight is 520 g/mol. The van der Waals surface area contributed by atoms with Crippen LogP contribution in [-0.2, 0) is 21.7 Å². The molecule has 1 aliphatic rings. The maximum Gasteiger partial charge on any atom is 0.223 e. The monoisotopic (exact) mass is 519 g/mol. The fraction of sp³-hybridized carbons (Fsp3) is 0.375. The van der Waals surface area contributed by atoms with Crippen LogP contribution in [0.15, 0.2) is 46.3 Å². The molecule has 0 bridgehead atoms. The first-order valence-corrected chi connectivity index (χ1v) is 13.9. The second-order valence-electron chi connectivity index (χ2n) is 8.41. The van der Waals surface area contributed by atoms with Gasteiger partial charge in [0.05, 0.1) is 16.3 Å². The SMILES string of the molecule is C/N=c1\sc(C2CCN(C(=O)CCS(=O)(=O)c3ccc4cc(Cl)ccc4c3)CC2)c(C=O)n1C. The second kappa shape index (κ2) is 10.0. The largest absolute Gasteiger partial charge is 0.343 e. The number of piperidine rings is 1. The summed E-state index contributed by atoms with van der Waals surface area (Å²) in [6.07, 6.45) is 2.27. The number of aromatic nitrogens is 1. The smallest absolute Gasteiger partial charge is 0.223 e. The average Bonchev–Trinajstić information content (AvgIpc) is 3.17. The molecule has 0 N–H and O–H groups in total. The van der Waals surface area contributed by atoms with Crippen LogP contribution in [0.5, 0.6) is 0 Å². The van der Waals surface area contributed by atoms with Crippen LogP contribution in [0.4, 0.5) is 0 Å². The fourth-order valence-electron chi connectivity index (χ4n) is 4.39. The predicted molar refractivity (Wildman–Crippen MR) is 134 cm³/mol. The summed E-state index contributed by atoms with van der Waals surface area (Å²) in [5.74, 6) is -0.209. The molecule has 3 aromatic rings.